The van der Waals surface area contributed by atoms with Crippen LogP contribution in [0.5, 0.6) is 0 Å². The number of benzene rings is 2. The molecule has 2 N–H and O–H groups in total. The van der Waals surface area contributed by atoms with E-state index in [1.54, 1.807) is 26.2 Å². The van der Waals surface area contributed by atoms with Crippen molar-refractivity contribution in [1.29, 1.82) is 0 Å². The average Bonchev–Trinajstić information content (AvgIpc) is 2.54. The van der Waals surface area contributed by atoms with Crippen LogP contribution in [0.2, 0.25) is 0 Å². The van der Waals surface area contributed by atoms with Gasteiger partial charge in [0.1, 0.15) is 0 Å². The summed E-state index contributed by atoms with van der Waals surface area (Å²) in [6, 6.07) is 15.0. The van der Waals surface area contributed by atoms with Crippen molar-refractivity contribution in [1.82, 2.24) is 9.62 Å². The molecule has 7 heteroatoms. The Labute approximate surface area is 136 Å². The maximum atomic E-state index is 12.2. The minimum absolute atomic E-state index is 0.149. The Morgan fingerprint density at radius 2 is 1.61 bits per heavy atom. The summed E-state index contributed by atoms with van der Waals surface area (Å²) in [7, 11) is -0.340. The number of carbonyl (C=O) groups excluding carboxylic acids is 1. The molecule has 0 saturated heterocycles. The molecule has 0 heterocycles. The number of rotatable bonds is 5. The molecule has 0 spiro atoms. The Kier molecular flexibility index (Phi) is 5.36. The van der Waals surface area contributed by atoms with E-state index < -0.39 is 10.0 Å². The second kappa shape index (κ2) is 7.26. The van der Waals surface area contributed by atoms with Gasteiger partial charge in [-0.25, -0.2) is 17.9 Å². The number of sulfonamides is 1. The van der Waals surface area contributed by atoms with Crippen LogP contribution >= 0.6 is 0 Å². The number of amides is 2. The molecule has 0 aliphatic heterocycles. The van der Waals surface area contributed by atoms with E-state index in [0.29, 0.717) is 5.69 Å². The molecule has 0 saturated carbocycles. The highest BCUT2D eigenvalue weighted by Crippen LogP contribution is 2.14. The Bertz CT molecular complexity index is 757. The smallest absolute Gasteiger partial charge is 0.321 e. The van der Waals surface area contributed by atoms with Crippen LogP contribution in [0.15, 0.2) is 59.5 Å². The lowest BCUT2D eigenvalue weighted by Crippen LogP contribution is -2.27. The minimum Gasteiger partial charge on any atom is -0.331 e. The van der Waals surface area contributed by atoms with Gasteiger partial charge in [-0.3, -0.25) is 0 Å². The van der Waals surface area contributed by atoms with E-state index in [4.69, 9.17) is 0 Å². The first-order valence-corrected chi connectivity index (χ1v) is 8.49. The van der Waals surface area contributed by atoms with E-state index >= 15 is 0 Å². The lowest BCUT2D eigenvalue weighted by atomic mass is 10.2. The minimum atomic E-state index is -3.59. The molecule has 2 rings (SSSR count). The number of hydrogen-bond donors (Lipinski definition) is 2. The molecule has 0 unspecified atom stereocenters. The number of anilines is 1. The third-order valence-electron chi connectivity index (χ3n) is 3.13. The highest BCUT2D eigenvalue weighted by Gasteiger charge is 2.14. The molecule has 122 valence electrons. The van der Waals surface area contributed by atoms with Crippen LogP contribution in [0, 0.1) is 0 Å². The summed E-state index contributed by atoms with van der Waals surface area (Å²) in [4.78, 5) is 13.1. The fraction of sp³-hybridized carbons (Fsp3) is 0.188. The predicted octanol–water partition coefficient (Wildman–Crippen LogP) is 2.26. The molecule has 0 aromatic heterocycles. The van der Waals surface area contributed by atoms with Gasteiger partial charge in [-0.1, -0.05) is 30.3 Å². The average molecular weight is 333 g/mol. The Balaban J connectivity index is 2.04. The lowest BCUT2D eigenvalue weighted by Gasteiger charge is -2.12. The summed E-state index contributed by atoms with van der Waals surface area (Å²) >= 11 is 0. The molecule has 23 heavy (non-hydrogen) atoms. The van der Waals surface area contributed by atoms with Crippen molar-refractivity contribution in [3.05, 3.63) is 60.2 Å². The van der Waals surface area contributed by atoms with E-state index in [0.717, 1.165) is 5.56 Å². The second-order valence-electron chi connectivity index (χ2n) is 5.16. The van der Waals surface area contributed by atoms with E-state index in [9.17, 15) is 13.2 Å². The Morgan fingerprint density at radius 1 is 1.00 bits per heavy atom. The molecular weight excluding hydrogens is 314 g/mol. The van der Waals surface area contributed by atoms with Gasteiger partial charge in [-0.2, -0.15) is 0 Å². The van der Waals surface area contributed by atoms with E-state index in [1.165, 1.54) is 17.0 Å². The summed E-state index contributed by atoms with van der Waals surface area (Å²) in [5.74, 6) is 0. The summed E-state index contributed by atoms with van der Waals surface area (Å²) in [6.45, 7) is 0.224. The van der Waals surface area contributed by atoms with Gasteiger partial charge in [0.05, 0.1) is 4.90 Å². The molecule has 0 aliphatic carbocycles. The molecule has 0 aliphatic rings. The van der Waals surface area contributed by atoms with Crippen LogP contribution in [-0.4, -0.2) is 33.4 Å². The molecule has 0 bridgehead atoms. The quantitative estimate of drug-likeness (QED) is 0.881. The van der Waals surface area contributed by atoms with Crippen molar-refractivity contribution in [3.63, 3.8) is 0 Å². The standard InChI is InChI=1S/C16H19N3O3S/c1-19(2)16(20)18-14-8-10-15(11-9-14)23(21,22)17-12-13-6-4-3-5-7-13/h3-11,17H,12H2,1-2H3,(H,18,20). The van der Waals surface area contributed by atoms with Crippen molar-refractivity contribution in [3.8, 4) is 0 Å². The zero-order chi connectivity index (χ0) is 16.9. The normalized spacial score (nSPS) is 11.0. The summed E-state index contributed by atoms with van der Waals surface area (Å²) in [6.07, 6.45) is 0. The molecule has 2 amide bonds. The molecule has 0 radical (unpaired) electrons. The molecule has 0 atom stereocenters. The SMILES string of the molecule is CN(C)C(=O)Nc1ccc(S(=O)(=O)NCc2ccccc2)cc1. The second-order valence-corrected chi connectivity index (χ2v) is 6.93. The summed E-state index contributed by atoms with van der Waals surface area (Å²) in [5.41, 5.74) is 1.41. The molecule has 2 aromatic rings. The number of urea groups is 1. The number of nitrogens with zero attached hydrogens (tertiary/aromatic N) is 1. The maximum Gasteiger partial charge on any atom is 0.321 e. The topological polar surface area (TPSA) is 78.5 Å². The van der Waals surface area contributed by atoms with Crippen LogP contribution in [0.3, 0.4) is 0 Å². The maximum absolute atomic E-state index is 12.2. The molecular formula is C16H19N3O3S. The first kappa shape index (κ1) is 17.0. The fourth-order valence-electron chi connectivity index (χ4n) is 1.81. The largest absolute Gasteiger partial charge is 0.331 e. The number of nitrogens with one attached hydrogen (secondary N) is 2. The van der Waals surface area contributed by atoms with E-state index in [-0.39, 0.29) is 17.5 Å². The highest BCUT2D eigenvalue weighted by molar-refractivity contribution is 7.89. The Hall–Kier alpha value is -2.38. The molecule has 6 nitrogen and oxygen atoms in total. The molecule has 2 aromatic carbocycles. The first-order valence-electron chi connectivity index (χ1n) is 7.00. The van der Waals surface area contributed by atoms with Gasteiger partial charge >= 0.3 is 6.03 Å². The lowest BCUT2D eigenvalue weighted by molar-refractivity contribution is 0.230. The zero-order valence-corrected chi connectivity index (χ0v) is 13.8. The summed E-state index contributed by atoms with van der Waals surface area (Å²) < 4.78 is 27.0. The van der Waals surface area contributed by atoms with Crippen LogP contribution in [0.1, 0.15) is 5.56 Å². The van der Waals surface area contributed by atoms with Gasteiger partial charge in [0.2, 0.25) is 10.0 Å². The van der Waals surface area contributed by atoms with Crippen molar-refractivity contribution in [2.75, 3.05) is 19.4 Å². The van der Waals surface area contributed by atoms with Gasteiger partial charge < -0.3 is 10.2 Å². The van der Waals surface area contributed by atoms with Crippen LogP contribution < -0.4 is 10.0 Å². The fourth-order valence-corrected chi connectivity index (χ4v) is 2.83. The zero-order valence-electron chi connectivity index (χ0n) is 13.0. The van der Waals surface area contributed by atoms with Crippen LogP contribution in [-0.2, 0) is 16.6 Å². The van der Waals surface area contributed by atoms with Crippen molar-refractivity contribution in [2.24, 2.45) is 0 Å². The summed E-state index contributed by atoms with van der Waals surface area (Å²) in [5, 5.41) is 2.65. The predicted molar refractivity (Wildman–Crippen MR) is 89.6 cm³/mol. The van der Waals surface area contributed by atoms with Gasteiger partial charge in [0.25, 0.3) is 0 Å². The van der Waals surface area contributed by atoms with Crippen molar-refractivity contribution >= 4 is 21.7 Å². The van der Waals surface area contributed by atoms with Crippen molar-refractivity contribution < 1.29 is 13.2 Å². The van der Waals surface area contributed by atoms with Crippen LogP contribution in [0.25, 0.3) is 0 Å². The van der Waals surface area contributed by atoms with Gasteiger partial charge in [0.15, 0.2) is 0 Å². The first-order chi connectivity index (χ1) is 10.9. The highest BCUT2D eigenvalue weighted by atomic mass is 32.2. The van der Waals surface area contributed by atoms with Gasteiger partial charge in [-0.05, 0) is 29.8 Å². The van der Waals surface area contributed by atoms with Crippen LogP contribution in [0.4, 0.5) is 10.5 Å². The third kappa shape index (κ3) is 4.80. The van der Waals surface area contributed by atoms with E-state index in [1.807, 2.05) is 30.3 Å². The third-order valence-corrected chi connectivity index (χ3v) is 4.55. The van der Waals surface area contributed by atoms with Crippen molar-refractivity contribution in [2.45, 2.75) is 11.4 Å². The number of carbonyl (C=O) groups is 1. The van der Waals surface area contributed by atoms with Gasteiger partial charge in [-0.15, -0.1) is 0 Å². The number of hydrogen-bond acceptors (Lipinski definition) is 3. The van der Waals surface area contributed by atoms with E-state index in [2.05, 4.69) is 10.0 Å². The molecule has 0 fully saturated rings. The van der Waals surface area contributed by atoms with Gasteiger partial charge in [0, 0.05) is 26.3 Å². The Morgan fingerprint density at radius 3 is 2.17 bits per heavy atom. The monoisotopic (exact) mass is 333 g/mol.